The van der Waals surface area contributed by atoms with E-state index in [4.69, 9.17) is 21.1 Å². The molecule has 9 heteroatoms. The Kier molecular flexibility index (Phi) is 9.34. The number of carbonyl (C=O) groups is 3. The van der Waals surface area contributed by atoms with Gasteiger partial charge in [-0.05, 0) is 63.6 Å². The van der Waals surface area contributed by atoms with E-state index in [9.17, 15) is 14.4 Å². The lowest BCUT2D eigenvalue weighted by molar-refractivity contribution is -0.116. The van der Waals surface area contributed by atoms with E-state index in [-0.39, 0.29) is 12.5 Å². The van der Waals surface area contributed by atoms with Crippen LogP contribution in [-0.2, 0) is 14.3 Å². The maximum Gasteiger partial charge on any atom is 0.408 e. The van der Waals surface area contributed by atoms with Crippen LogP contribution in [0.15, 0.2) is 48.5 Å². The number of nitrogens with one attached hydrogen (secondary N) is 3. The van der Waals surface area contributed by atoms with E-state index < -0.39 is 17.6 Å². The summed E-state index contributed by atoms with van der Waals surface area (Å²) in [5.41, 5.74) is 0.503. The highest BCUT2D eigenvalue weighted by Crippen LogP contribution is 2.23. The van der Waals surface area contributed by atoms with Crippen molar-refractivity contribution in [2.45, 2.75) is 39.2 Å². The minimum absolute atomic E-state index is 0.147. The monoisotopic (exact) mass is 461 g/mol. The van der Waals surface area contributed by atoms with Gasteiger partial charge in [0.05, 0.1) is 11.6 Å². The standard InChI is InChI=1S/C23H28ClN3O5/c1-23(2,3)32-22(30)25-15-21(29)27-17-12-10-16(11-13-17)26-20(28)9-6-14-31-19-8-5-4-7-18(19)24/h4-5,7-8,10-13H,6,9,14-15H2,1-3H3,(H,25,30)(H,26,28)(H,27,29). The summed E-state index contributed by atoms with van der Waals surface area (Å²) in [6.45, 7) is 5.37. The maximum atomic E-state index is 12.1. The summed E-state index contributed by atoms with van der Waals surface area (Å²) in [5.74, 6) is 0.0470. The van der Waals surface area contributed by atoms with Crippen LogP contribution in [-0.4, -0.2) is 36.7 Å². The van der Waals surface area contributed by atoms with Crippen molar-refractivity contribution >= 4 is 40.9 Å². The molecule has 0 heterocycles. The smallest absolute Gasteiger partial charge is 0.408 e. The average Bonchev–Trinajstić information content (AvgIpc) is 2.71. The molecule has 2 aromatic carbocycles. The summed E-state index contributed by atoms with van der Waals surface area (Å²) in [7, 11) is 0. The number of ether oxygens (including phenoxy) is 2. The normalized spacial score (nSPS) is 10.8. The number of carbonyl (C=O) groups excluding carboxylic acids is 3. The summed E-state index contributed by atoms with van der Waals surface area (Å²) < 4.78 is 10.6. The molecule has 3 N–H and O–H groups in total. The van der Waals surface area contributed by atoms with E-state index in [1.807, 2.05) is 12.1 Å². The van der Waals surface area contributed by atoms with Crippen molar-refractivity contribution in [1.29, 1.82) is 0 Å². The van der Waals surface area contributed by atoms with Gasteiger partial charge in [0, 0.05) is 17.8 Å². The van der Waals surface area contributed by atoms with Gasteiger partial charge in [-0.2, -0.15) is 0 Å². The molecule has 2 rings (SSSR count). The van der Waals surface area contributed by atoms with Gasteiger partial charge in [-0.15, -0.1) is 0 Å². The first kappa shape index (κ1) is 25.0. The fraction of sp³-hybridized carbons (Fsp3) is 0.348. The number of amides is 3. The van der Waals surface area contributed by atoms with E-state index in [1.165, 1.54) is 0 Å². The molecule has 0 aliphatic heterocycles. The van der Waals surface area contributed by atoms with Gasteiger partial charge >= 0.3 is 6.09 Å². The molecule has 32 heavy (non-hydrogen) atoms. The van der Waals surface area contributed by atoms with Crippen molar-refractivity contribution in [2.24, 2.45) is 0 Å². The van der Waals surface area contributed by atoms with Crippen molar-refractivity contribution in [1.82, 2.24) is 5.32 Å². The van der Waals surface area contributed by atoms with Crippen molar-refractivity contribution in [3.05, 3.63) is 53.6 Å². The van der Waals surface area contributed by atoms with Gasteiger partial charge in [0.25, 0.3) is 0 Å². The number of hydrogen-bond acceptors (Lipinski definition) is 5. The third-order valence-electron chi connectivity index (χ3n) is 3.89. The lowest BCUT2D eigenvalue weighted by Gasteiger charge is -2.19. The molecule has 0 bridgehead atoms. The molecule has 0 fully saturated rings. The van der Waals surface area contributed by atoms with Crippen LogP contribution in [0.3, 0.4) is 0 Å². The predicted octanol–water partition coefficient (Wildman–Crippen LogP) is 4.60. The largest absolute Gasteiger partial charge is 0.492 e. The van der Waals surface area contributed by atoms with Gasteiger partial charge in [-0.1, -0.05) is 23.7 Å². The summed E-state index contributed by atoms with van der Waals surface area (Å²) in [6.07, 6.45) is 0.165. The van der Waals surface area contributed by atoms with Gasteiger partial charge in [0.1, 0.15) is 17.9 Å². The van der Waals surface area contributed by atoms with E-state index in [1.54, 1.807) is 57.2 Å². The summed E-state index contributed by atoms with van der Waals surface area (Å²) in [4.78, 5) is 35.6. The van der Waals surface area contributed by atoms with Gasteiger partial charge in [-0.25, -0.2) is 4.79 Å². The zero-order valence-corrected chi connectivity index (χ0v) is 19.1. The fourth-order valence-electron chi connectivity index (χ4n) is 2.51. The predicted molar refractivity (Wildman–Crippen MR) is 124 cm³/mol. The van der Waals surface area contributed by atoms with Crippen LogP contribution in [0.25, 0.3) is 0 Å². The Morgan fingerprint density at radius 3 is 2.09 bits per heavy atom. The zero-order valence-electron chi connectivity index (χ0n) is 18.4. The first-order valence-electron chi connectivity index (χ1n) is 10.2. The van der Waals surface area contributed by atoms with Gasteiger partial charge in [0.2, 0.25) is 11.8 Å². The minimum Gasteiger partial charge on any atom is -0.492 e. The van der Waals surface area contributed by atoms with Crippen LogP contribution < -0.4 is 20.7 Å². The molecular formula is C23H28ClN3O5. The Morgan fingerprint density at radius 1 is 0.906 bits per heavy atom. The number of alkyl carbamates (subject to hydrolysis) is 1. The van der Waals surface area contributed by atoms with Crippen LogP contribution in [0.4, 0.5) is 16.2 Å². The SMILES string of the molecule is CC(C)(C)OC(=O)NCC(=O)Nc1ccc(NC(=O)CCCOc2ccccc2Cl)cc1. The van der Waals surface area contributed by atoms with Crippen molar-refractivity contribution in [3.63, 3.8) is 0 Å². The van der Waals surface area contributed by atoms with Crippen molar-refractivity contribution in [3.8, 4) is 5.75 Å². The molecule has 8 nitrogen and oxygen atoms in total. The highest BCUT2D eigenvalue weighted by molar-refractivity contribution is 6.32. The Labute approximate surface area is 192 Å². The topological polar surface area (TPSA) is 106 Å². The van der Waals surface area contributed by atoms with Gasteiger partial charge < -0.3 is 25.4 Å². The molecule has 0 aliphatic rings. The maximum absolute atomic E-state index is 12.1. The fourth-order valence-corrected chi connectivity index (χ4v) is 2.70. The molecular weight excluding hydrogens is 434 g/mol. The highest BCUT2D eigenvalue weighted by Gasteiger charge is 2.16. The third-order valence-corrected chi connectivity index (χ3v) is 4.20. The van der Waals surface area contributed by atoms with Crippen LogP contribution in [0, 0.1) is 0 Å². The summed E-state index contributed by atoms with van der Waals surface area (Å²) in [6, 6.07) is 13.8. The van der Waals surface area contributed by atoms with E-state index in [2.05, 4.69) is 16.0 Å². The molecule has 0 spiro atoms. The molecule has 3 amide bonds. The highest BCUT2D eigenvalue weighted by atomic mass is 35.5. The molecule has 0 saturated heterocycles. The van der Waals surface area contributed by atoms with Crippen molar-refractivity contribution < 1.29 is 23.9 Å². The molecule has 0 atom stereocenters. The molecule has 0 unspecified atom stereocenters. The van der Waals surface area contributed by atoms with Crippen molar-refractivity contribution in [2.75, 3.05) is 23.8 Å². The summed E-state index contributed by atoms with van der Waals surface area (Å²) >= 11 is 6.02. The van der Waals surface area contributed by atoms with Gasteiger partial charge in [0.15, 0.2) is 0 Å². The van der Waals surface area contributed by atoms with Gasteiger partial charge in [-0.3, -0.25) is 9.59 Å². The Hall–Kier alpha value is -3.26. The third kappa shape index (κ3) is 9.70. The van der Waals surface area contributed by atoms with E-state index in [0.29, 0.717) is 41.6 Å². The Morgan fingerprint density at radius 2 is 1.50 bits per heavy atom. The first-order valence-corrected chi connectivity index (χ1v) is 10.5. The van der Waals surface area contributed by atoms with Crippen LogP contribution in [0.2, 0.25) is 5.02 Å². The number of hydrogen-bond donors (Lipinski definition) is 3. The van der Waals surface area contributed by atoms with E-state index in [0.717, 1.165) is 0 Å². The number of benzene rings is 2. The zero-order chi connectivity index (χ0) is 23.6. The summed E-state index contributed by atoms with van der Waals surface area (Å²) in [5, 5.41) is 8.36. The Balaban J connectivity index is 1.68. The first-order chi connectivity index (χ1) is 15.1. The lowest BCUT2D eigenvalue weighted by Crippen LogP contribution is -2.37. The number of rotatable bonds is 9. The number of para-hydroxylation sites is 1. The van der Waals surface area contributed by atoms with E-state index >= 15 is 0 Å². The Bertz CT molecular complexity index is 926. The van der Waals surface area contributed by atoms with Crippen LogP contribution >= 0.6 is 11.6 Å². The van der Waals surface area contributed by atoms with Crippen LogP contribution in [0.5, 0.6) is 5.75 Å². The molecule has 0 saturated carbocycles. The minimum atomic E-state index is -0.664. The lowest BCUT2D eigenvalue weighted by atomic mass is 10.2. The molecule has 0 radical (unpaired) electrons. The number of halogens is 1. The second kappa shape index (κ2) is 12.0. The molecule has 2 aromatic rings. The van der Waals surface area contributed by atoms with Crippen LogP contribution in [0.1, 0.15) is 33.6 Å². The second-order valence-electron chi connectivity index (χ2n) is 7.91. The average molecular weight is 462 g/mol. The molecule has 0 aliphatic carbocycles. The quantitative estimate of drug-likeness (QED) is 0.473. The number of anilines is 2. The molecule has 0 aromatic heterocycles. The second-order valence-corrected chi connectivity index (χ2v) is 8.32. The molecule has 172 valence electrons.